The van der Waals surface area contributed by atoms with E-state index in [9.17, 15) is 19.2 Å². The first-order chi connectivity index (χ1) is 12.4. The Labute approximate surface area is 151 Å². The molecule has 0 aromatic heterocycles. The molecule has 0 amide bonds. The Morgan fingerprint density at radius 2 is 0.731 bits per heavy atom. The summed E-state index contributed by atoms with van der Waals surface area (Å²) >= 11 is 0. The number of ether oxygens (including phenoxy) is 4. The van der Waals surface area contributed by atoms with Gasteiger partial charge in [0.1, 0.15) is 0 Å². The second kappa shape index (κ2) is 10.2. The highest BCUT2D eigenvalue weighted by Gasteiger charge is 2.28. The number of rotatable bonds is 8. The van der Waals surface area contributed by atoms with Crippen molar-refractivity contribution in [3.8, 4) is 0 Å². The van der Waals surface area contributed by atoms with Crippen LogP contribution < -0.4 is 0 Å². The smallest absolute Gasteiger partial charge is 0.339 e. The Morgan fingerprint density at radius 3 is 0.885 bits per heavy atom. The van der Waals surface area contributed by atoms with Gasteiger partial charge in [0.05, 0.1) is 48.7 Å². The highest BCUT2D eigenvalue weighted by molar-refractivity contribution is 6.10. The van der Waals surface area contributed by atoms with Gasteiger partial charge in [-0.1, -0.05) is 0 Å². The van der Waals surface area contributed by atoms with Gasteiger partial charge in [0.2, 0.25) is 0 Å². The van der Waals surface area contributed by atoms with Crippen LogP contribution in [0.5, 0.6) is 0 Å². The van der Waals surface area contributed by atoms with Gasteiger partial charge in [-0.2, -0.15) is 0 Å². The molecule has 0 heterocycles. The third kappa shape index (κ3) is 5.05. The summed E-state index contributed by atoms with van der Waals surface area (Å²) < 4.78 is 19.7. The summed E-state index contributed by atoms with van der Waals surface area (Å²) in [5.41, 5.74) is -0.773. The Morgan fingerprint density at radius 1 is 0.538 bits per heavy atom. The van der Waals surface area contributed by atoms with Crippen molar-refractivity contribution < 1.29 is 38.1 Å². The van der Waals surface area contributed by atoms with Crippen LogP contribution in [0, 0.1) is 0 Å². The van der Waals surface area contributed by atoms with Gasteiger partial charge in [-0.25, -0.2) is 19.2 Å². The SMILES string of the molecule is CCOC(=O)c1cc(C(=O)OCC)c(C(=O)OCC)cc1C(=O)OCC. The van der Waals surface area contributed by atoms with Crippen LogP contribution in [0.25, 0.3) is 0 Å². The van der Waals surface area contributed by atoms with Crippen molar-refractivity contribution >= 4 is 23.9 Å². The van der Waals surface area contributed by atoms with Crippen LogP contribution >= 0.6 is 0 Å². The van der Waals surface area contributed by atoms with Crippen molar-refractivity contribution in [2.45, 2.75) is 27.7 Å². The molecule has 0 spiro atoms. The number of esters is 4. The molecule has 1 aromatic rings. The van der Waals surface area contributed by atoms with E-state index in [1.807, 2.05) is 0 Å². The Balaban J connectivity index is 3.63. The largest absolute Gasteiger partial charge is 0.462 e. The van der Waals surface area contributed by atoms with Gasteiger partial charge in [0.25, 0.3) is 0 Å². The number of hydrogen-bond donors (Lipinski definition) is 0. The molecule has 142 valence electrons. The van der Waals surface area contributed by atoms with Gasteiger partial charge in [-0.15, -0.1) is 0 Å². The predicted molar refractivity (Wildman–Crippen MR) is 90.3 cm³/mol. The van der Waals surface area contributed by atoms with Crippen molar-refractivity contribution in [1.82, 2.24) is 0 Å². The molecule has 0 saturated carbocycles. The Kier molecular flexibility index (Phi) is 8.27. The quantitative estimate of drug-likeness (QED) is 0.510. The van der Waals surface area contributed by atoms with Crippen LogP contribution in [-0.4, -0.2) is 50.3 Å². The highest BCUT2D eigenvalue weighted by Crippen LogP contribution is 2.22. The van der Waals surface area contributed by atoms with Crippen molar-refractivity contribution in [3.05, 3.63) is 34.4 Å². The van der Waals surface area contributed by atoms with E-state index in [0.717, 1.165) is 12.1 Å². The maximum Gasteiger partial charge on any atom is 0.339 e. The molecule has 0 fully saturated rings. The fourth-order valence-electron chi connectivity index (χ4n) is 2.11. The van der Waals surface area contributed by atoms with Crippen molar-refractivity contribution in [2.24, 2.45) is 0 Å². The summed E-state index contributed by atoms with van der Waals surface area (Å²) in [6.07, 6.45) is 0. The lowest BCUT2D eigenvalue weighted by Crippen LogP contribution is -2.20. The zero-order valence-corrected chi connectivity index (χ0v) is 15.2. The number of benzene rings is 1. The average Bonchev–Trinajstić information content (AvgIpc) is 2.61. The van der Waals surface area contributed by atoms with E-state index >= 15 is 0 Å². The van der Waals surface area contributed by atoms with Crippen molar-refractivity contribution in [1.29, 1.82) is 0 Å². The van der Waals surface area contributed by atoms with E-state index in [4.69, 9.17) is 18.9 Å². The molecule has 0 aliphatic carbocycles. The molecule has 26 heavy (non-hydrogen) atoms. The topological polar surface area (TPSA) is 105 Å². The van der Waals surface area contributed by atoms with E-state index in [0.29, 0.717) is 0 Å². The van der Waals surface area contributed by atoms with Crippen molar-refractivity contribution in [3.63, 3.8) is 0 Å². The van der Waals surface area contributed by atoms with Gasteiger partial charge < -0.3 is 18.9 Å². The van der Waals surface area contributed by atoms with Crippen LogP contribution in [0.2, 0.25) is 0 Å². The summed E-state index contributed by atoms with van der Waals surface area (Å²) in [6, 6.07) is 2.18. The predicted octanol–water partition coefficient (Wildman–Crippen LogP) is 2.39. The lowest BCUT2D eigenvalue weighted by Gasteiger charge is -2.14. The molecule has 0 bridgehead atoms. The lowest BCUT2D eigenvalue weighted by molar-refractivity contribution is 0.0463. The first kappa shape index (κ1) is 21.1. The van der Waals surface area contributed by atoms with Crippen molar-refractivity contribution in [2.75, 3.05) is 26.4 Å². The monoisotopic (exact) mass is 366 g/mol. The standard InChI is InChI=1S/C18H22O8/c1-5-23-15(19)11-9-13(17(21)25-7-3)14(18(22)26-8-4)10-12(11)16(20)24-6-2/h9-10H,5-8H2,1-4H3. The first-order valence-corrected chi connectivity index (χ1v) is 8.27. The molecule has 1 rings (SSSR count). The van der Waals surface area contributed by atoms with Gasteiger partial charge in [0, 0.05) is 0 Å². The maximum absolute atomic E-state index is 12.2. The molecule has 8 heteroatoms. The molecule has 0 unspecified atom stereocenters. The first-order valence-electron chi connectivity index (χ1n) is 8.27. The molecule has 0 atom stereocenters. The zero-order valence-electron chi connectivity index (χ0n) is 15.2. The molecular formula is C18H22O8. The Hall–Kier alpha value is -2.90. The molecule has 8 nitrogen and oxygen atoms in total. The van der Waals surface area contributed by atoms with Crippen LogP contribution in [0.15, 0.2) is 12.1 Å². The van der Waals surface area contributed by atoms with Gasteiger partial charge in [-0.05, 0) is 39.8 Å². The van der Waals surface area contributed by atoms with E-state index in [1.165, 1.54) is 0 Å². The van der Waals surface area contributed by atoms with Crippen LogP contribution in [0.4, 0.5) is 0 Å². The molecule has 0 aliphatic heterocycles. The third-order valence-electron chi connectivity index (χ3n) is 3.14. The number of carbonyl (C=O) groups is 4. The lowest BCUT2D eigenvalue weighted by atomic mass is 9.98. The number of hydrogen-bond acceptors (Lipinski definition) is 8. The summed E-state index contributed by atoms with van der Waals surface area (Å²) in [5, 5.41) is 0. The molecule has 0 aliphatic rings. The van der Waals surface area contributed by atoms with Gasteiger partial charge in [-0.3, -0.25) is 0 Å². The normalized spacial score (nSPS) is 10.0. The molecule has 0 radical (unpaired) electrons. The molecule has 0 saturated heterocycles. The van der Waals surface area contributed by atoms with E-state index in [-0.39, 0.29) is 48.7 Å². The average molecular weight is 366 g/mol. The zero-order chi connectivity index (χ0) is 19.7. The third-order valence-corrected chi connectivity index (χ3v) is 3.14. The van der Waals surface area contributed by atoms with Gasteiger partial charge in [0.15, 0.2) is 0 Å². The second-order valence-corrected chi connectivity index (χ2v) is 4.83. The maximum atomic E-state index is 12.2. The minimum absolute atomic E-state index is 0.0649. The van der Waals surface area contributed by atoms with Crippen LogP contribution in [-0.2, 0) is 18.9 Å². The number of carbonyl (C=O) groups excluding carboxylic acids is 4. The molecule has 1 aromatic carbocycles. The van der Waals surface area contributed by atoms with E-state index < -0.39 is 23.9 Å². The minimum Gasteiger partial charge on any atom is -0.462 e. The Bertz CT molecular complexity index is 578. The molecular weight excluding hydrogens is 344 g/mol. The summed E-state index contributed by atoms with van der Waals surface area (Å²) in [5.74, 6) is -3.29. The summed E-state index contributed by atoms with van der Waals surface area (Å²) in [7, 11) is 0. The minimum atomic E-state index is -0.823. The fraction of sp³-hybridized carbons (Fsp3) is 0.444. The van der Waals surface area contributed by atoms with Crippen LogP contribution in [0.3, 0.4) is 0 Å². The molecule has 0 N–H and O–H groups in total. The second-order valence-electron chi connectivity index (χ2n) is 4.83. The van der Waals surface area contributed by atoms with Crippen LogP contribution in [0.1, 0.15) is 69.1 Å². The van der Waals surface area contributed by atoms with Gasteiger partial charge >= 0.3 is 23.9 Å². The fourth-order valence-corrected chi connectivity index (χ4v) is 2.11. The summed E-state index contributed by atoms with van der Waals surface area (Å²) in [6.45, 7) is 6.65. The highest BCUT2D eigenvalue weighted by atomic mass is 16.5. The van der Waals surface area contributed by atoms with E-state index in [2.05, 4.69) is 0 Å². The van der Waals surface area contributed by atoms with E-state index in [1.54, 1.807) is 27.7 Å². The summed E-state index contributed by atoms with van der Waals surface area (Å²) in [4.78, 5) is 48.9.